The zero-order chi connectivity index (χ0) is 10.7. The van der Waals surface area contributed by atoms with Gasteiger partial charge in [-0.3, -0.25) is 4.79 Å². The second-order valence-electron chi connectivity index (χ2n) is 3.26. The van der Waals surface area contributed by atoms with Crippen LogP contribution < -0.4 is 11.1 Å². The molecule has 16 heavy (non-hydrogen) atoms. The van der Waals surface area contributed by atoms with Gasteiger partial charge in [0.15, 0.2) is 0 Å². The van der Waals surface area contributed by atoms with Crippen LogP contribution in [0.1, 0.15) is 22.5 Å². The van der Waals surface area contributed by atoms with Crippen molar-refractivity contribution in [3.8, 4) is 0 Å². The smallest absolute Gasteiger partial charge is 0.236 e. The predicted octanol–water partition coefficient (Wildman–Crippen LogP) is 1.57. The van der Waals surface area contributed by atoms with E-state index in [-0.39, 0.29) is 30.7 Å². The Morgan fingerprint density at radius 1 is 1.50 bits per heavy atom. The van der Waals surface area contributed by atoms with E-state index in [9.17, 15) is 4.79 Å². The highest BCUT2D eigenvalue weighted by Gasteiger charge is 2.08. The molecule has 0 bridgehead atoms. The summed E-state index contributed by atoms with van der Waals surface area (Å²) in [6.07, 6.45) is 0. The van der Waals surface area contributed by atoms with E-state index < -0.39 is 6.04 Å². The maximum absolute atomic E-state index is 11.1. The van der Waals surface area contributed by atoms with Crippen molar-refractivity contribution in [2.24, 2.45) is 5.73 Å². The summed E-state index contributed by atoms with van der Waals surface area (Å²) in [5.41, 5.74) is 6.43. The minimum Gasteiger partial charge on any atom is -0.348 e. The van der Waals surface area contributed by atoms with Crippen LogP contribution in [-0.4, -0.2) is 16.9 Å². The standard InChI is InChI=1S/C9H15N3OS.2ClH/c1-5(10)9(13)11-4-8-12-6(2)7(3)14-8;;/h5H,4,10H2,1-3H3,(H,11,13);2*1H/t5-;;/m1../s1. The van der Waals surface area contributed by atoms with Gasteiger partial charge < -0.3 is 11.1 Å². The fourth-order valence-corrected chi connectivity index (χ4v) is 1.81. The average Bonchev–Trinajstić information content (AvgIpc) is 2.42. The molecule has 1 atom stereocenters. The monoisotopic (exact) mass is 285 g/mol. The van der Waals surface area contributed by atoms with Crippen LogP contribution in [0.3, 0.4) is 0 Å². The Hall–Kier alpha value is -0.360. The molecular formula is C9H17Cl2N3OS. The van der Waals surface area contributed by atoms with E-state index in [0.717, 1.165) is 10.7 Å². The molecule has 0 aliphatic heterocycles. The summed E-state index contributed by atoms with van der Waals surface area (Å²) in [5, 5.41) is 3.65. The van der Waals surface area contributed by atoms with Crippen molar-refractivity contribution in [1.29, 1.82) is 0 Å². The normalized spacial score (nSPS) is 11.0. The number of halogens is 2. The number of nitrogens with zero attached hydrogens (tertiary/aromatic N) is 1. The van der Waals surface area contributed by atoms with Crippen LogP contribution in [0.5, 0.6) is 0 Å². The molecule has 1 heterocycles. The Kier molecular flexibility index (Phi) is 8.83. The number of aromatic nitrogens is 1. The summed E-state index contributed by atoms with van der Waals surface area (Å²) in [4.78, 5) is 16.6. The quantitative estimate of drug-likeness (QED) is 0.886. The first kappa shape index (κ1) is 18.0. The molecule has 0 aliphatic carbocycles. The molecule has 0 spiro atoms. The minimum atomic E-state index is -0.461. The maximum atomic E-state index is 11.1. The van der Waals surface area contributed by atoms with Crippen LogP contribution in [0.2, 0.25) is 0 Å². The summed E-state index contributed by atoms with van der Waals surface area (Å²) >= 11 is 1.60. The van der Waals surface area contributed by atoms with E-state index in [4.69, 9.17) is 5.73 Å². The van der Waals surface area contributed by atoms with Crippen LogP contribution in [0.4, 0.5) is 0 Å². The van der Waals surface area contributed by atoms with Crippen LogP contribution in [0.15, 0.2) is 0 Å². The number of nitrogens with two attached hydrogens (primary N) is 1. The van der Waals surface area contributed by atoms with Crippen LogP contribution in [0, 0.1) is 13.8 Å². The highest BCUT2D eigenvalue weighted by Crippen LogP contribution is 2.15. The third kappa shape index (κ3) is 5.12. The summed E-state index contributed by atoms with van der Waals surface area (Å²) in [7, 11) is 0. The third-order valence-corrected chi connectivity index (χ3v) is 2.97. The predicted molar refractivity (Wildman–Crippen MR) is 71.6 cm³/mol. The Morgan fingerprint density at radius 2 is 2.06 bits per heavy atom. The van der Waals surface area contributed by atoms with Gasteiger partial charge in [-0.05, 0) is 20.8 Å². The molecule has 7 heteroatoms. The van der Waals surface area contributed by atoms with Crippen LogP contribution >= 0.6 is 36.2 Å². The van der Waals surface area contributed by atoms with Crippen molar-refractivity contribution >= 4 is 42.1 Å². The van der Waals surface area contributed by atoms with E-state index in [2.05, 4.69) is 10.3 Å². The van der Waals surface area contributed by atoms with Gasteiger partial charge in [0.2, 0.25) is 5.91 Å². The molecule has 4 nitrogen and oxygen atoms in total. The lowest BCUT2D eigenvalue weighted by molar-refractivity contribution is -0.122. The number of hydrogen-bond donors (Lipinski definition) is 2. The van der Waals surface area contributed by atoms with E-state index in [1.54, 1.807) is 18.3 Å². The molecule has 0 saturated carbocycles. The van der Waals surface area contributed by atoms with E-state index in [0.29, 0.717) is 6.54 Å². The molecule has 0 aliphatic rings. The number of rotatable bonds is 3. The maximum Gasteiger partial charge on any atom is 0.236 e. The molecular weight excluding hydrogens is 269 g/mol. The van der Waals surface area contributed by atoms with Crippen molar-refractivity contribution in [3.63, 3.8) is 0 Å². The summed E-state index contributed by atoms with van der Waals surface area (Å²) in [6.45, 7) is 6.11. The lowest BCUT2D eigenvalue weighted by Crippen LogP contribution is -2.37. The molecule has 3 N–H and O–H groups in total. The minimum absolute atomic E-state index is 0. The highest BCUT2D eigenvalue weighted by atomic mass is 35.5. The van der Waals surface area contributed by atoms with Crippen LogP contribution in [-0.2, 0) is 11.3 Å². The molecule has 0 saturated heterocycles. The topological polar surface area (TPSA) is 68.0 Å². The number of carbonyl (C=O) groups excluding carboxylic acids is 1. The first-order valence-corrected chi connectivity index (χ1v) is 5.28. The first-order valence-electron chi connectivity index (χ1n) is 4.47. The first-order chi connectivity index (χ1) is 6.50. The highest BCUT2D eigenvalue weighted by molar-refractivity contribution is 7.11. The van der Waals surface area contributed by atoms with Crippen molar-refractivity contribution in [1.82, 2.24) is 10.3 Å². The zero-order valence-electron chi connectivity index (χ0n) is 9.44. The Morgan fingerprint density at radius 3 is 2.44 bits per heavy atom. The fraction of sp³-hybridized carbons (Fsp3) is 0.556. The van der Waals surface area contributed by atoms with Gasteiger partial charge in [0, 0.05) is 4.88 Å². The van der Waals surface area contributed by atoms with Gasteiger partial charge in [0.05, 0.1) is 18.3 Å². The zero-order valence-corrected chi connectivity index (χ0v) is 11.9. The Balaban J connectivity index is 0. The van der Waals surface area contributed by atoms with Gasteiger partial charge >= 0.3 is 0 Å². The number of carbonyl (C=O) groups is 1. The molecule has 1 aromatic rings. The van der Waals surface area contributed by atoms with E-state index >= 15 is 0 Å². The number of thiazole rings is 1. The van der Waals surface area contributed by atoms with Gasteiger partial charge in [-0.1, -0.05) is 0 Å². The molecule has 0 unspecified atom stereocenters. The number of amides is 1. The molecule has 0 fully saturated rings. The SMILES string of the molecule is Cc1nc(CNC(=O)[C@@H](C)N)sc1C.Cl.Cl. The summed E-state index contributed by atoms with van der Waals surface area (Å²) in [5.74, 6) is -0.143. The molecule has 1 rings (SSSR count). The van der Waals surface area contributed by atoms with E-state index in [1.165, 1.54) is 4.88 Å². The van der Waals surface area contributed by atoms with Gasteiger partial charge in [-0.25, -0.2) is 4.98 Å². The molecule has 1 amide bonds. The van der Waals surface area contributed by atoms with Crippen molar-refractivity contribution < 1.29 is 4.79 Å². The summed E-state index contributed by atoms with van der Waals surface area (Å²) in [6, 6.07) is -0.461. The average molecular weight is 286 g/mol. The number of hydrogen-bond acceptors (Lipinski definition) is 4. The van der Waals surface area contributed by atoms with Crippen molar-refractivity contribution in [2.75, 3.05) is 0 Å². The lowest BCUT2D eigenvalue weighted by Gasteiger charge is -2.04. The lowest BCUT2D eigenvalue weighted by atomic mass is 10.3. The second kappa shape index (κ2) is 7.84. The van der Waals surface area contributed by atoms with Gasteiger partial charge in [0.25, 0.3) is 0 Å². The Bertz CT molecular complexity index is 322. The largest absolute Gasteiger partial charge is 0.348 e. The third-order valence-electron chi connectivity index (χ3n) is 1.90. The van der Waals surface area contributed by atoms with Gasteiger partial charge in [0.1, 0.15) is 5.01 Å². The van der Waals surface area contributed by atoms with Crippen molar-refractivity contribution in [3.05, 3.63) is 15.6 Å². The van der Waals surface area contributed by atoms with E-state index in [1.807, 2.05) is 13.8 Å². The Labute approximate surface area is 112 Å². The number of nitrogens with one attached hydrogen (secondary N) is 1. The molecule has 0 radical (unpaired) electrons. The van der Waals surface area contributed by atoms with Gasteiger partial charge in [-0.15, -0.1) is 36.2 Å². The van der Waals surface area contributed by atoms with Crippen molar-refractivity contribution in [2.45, 2.75) is 33.4 Å². The summed E-state index contributed by atoms with van der Waals surface area (Å²) < 4.78 is 0. The van der Waals surface area contributed by atoms with Gasteiger partial charge in [-0.2, -0.15) is 0 Å². The molecule has 0 aromatic carbocycles. The molecule has 94 valence electrons. The molecule has 1 aromatic heterocycles. The van der Waals surface area contributed by atoms with Crippen LogP contribution in [0.25, 0.3) is 0 Å². The second-order valence-corrected chi connectivity index (χ2v) is 4.54. The number of aryl methyl sites for hydroxylation is 2. The fourth-order valence-electron chi connectivity index (χ4n) is 0.938.